The van der Waals surface area contributed by atoms with Crippen LogP contribution in [0.1, 0.15) is 20.3 Å². The first-order valence-corrected chi connectivity index (χ1v) is 8.66. The van der Waals surface area contributed by atoms with E-state index in [0.29, 0.717) is 24.3 Å². The molecule has 1 fully saturated rings. The Morgan fingerprint density at radius 2 is 2.16 bits per heavy atom. The highest BCUT2D eigenvalue weighted by Gasteiger charge is 2.51. The molecule has 1 saturated heterocycles. The van der Waals surface area contributed by atoms with Gasteiger partial charge in [0.25, 0.3) is 0 Å². The zero-order valence-electron chi connectivity index (χ0n) is 14.0. The van der Waals surface area contributed by atoms with Crippen molar-refractivity contribution in [3.05, 3.63) is 23.4 Å². The molecule has 0 bridgehead atoms. The number of thioether (sulfide) groups is 1. The minimum Gasteiger partial charge on any atom is -0.477 e. The van der Waals surface area contributed by atoms with Crippen LogP contribution >= 0.6 is 24.2 Å². The van der Waals surface area contributed by atoms with E-state index in [1.54, 1.807) is 19.1 Å². The van der Waals surface area contributed by atoms with Crippen molar-refractivity contribution < 1.29 is 19.5 Å². The molecule has 0 aromatic carbocycles. The fourth-order valence-electron chi connectivity index (χ4n) is 2.54. The Labute approximate surface area is 156 Å². The number of fused-ring (bicyclic) bond motifs is 1. The predicted molar refractivity (Wildman–Crippen MR) is 98.0 cm³/mol. The number of allylic oxidation sites excluding steroid dienone is 1. The number of hydrogen-bond donors (Lipinski definition) is 4. The number of carbonyl (C=O) groups excluding carboxylic acids is 2. The van der Waals surface area contributed by atoms with Gasteiger partial charge in [0.1, 0.15) is 17.1 Å². The van der Waals surface area contributed by atoms with Crippen LogP contribution in [0.3, 0.4) is 0 Å². The van der Waals surface area contributed by atoms with E-state index >= 15 is 0 Å². The number of hydrogen-bond acceptors (Lipinski definition) is 6. The van der Waals surface area contributed by atoms with E-state index < -0.39 is 23.5 Å². The Hall–Kier alpha value is -1.55. The summed E-state index contributed by atoms with van der Waals surface area (Å²) in [4.78, 5) is 36.0. The molecule has 140 valence electrons. The highest BCUT2D eigenvalue weighted by atomic mass is 35.5. The predicted octanol–water partition coefficient (Wildman–Crippen LogP) is -0.211. The van der Waals surface area contributed by atoms with Gasteiger partial charge in [0.2, 0.25) is 11.8 Å². The monoisotopic (exact) mass is 390 g/mol. The molecule has 2 rings (SSSR count). The number of carboxylic acid groups (broad SMARTS) is 1. The molecule has 0 aromatic rings. The van der Waals surface area contributed by atoms with E-state index in [1.807, 2.05) is 6.92 Å². The van der Waals surface area contributed by atoms with Crippen molar-refractivity contribution in [2.24, 2.45) is 11.5 Å². The number of halogens is 1. The van der Waals surface area contributed by atoms with Crippen LogP contribution in [0.25, 0.3) is 0 Å². The van der Waals surface area contributed by atoms with Gasteiger partial charge in [-0.15, -0.1) is 24.2 Å². The van der Waals surface area contributed by atoms with Crippen molar-refractivity contribution in [1.82, 2.24) is 10.2 Å². The largest absolute Gasteiger partial charge is 0.477 e. The van der Waals surface area contributed by atoms with Crippen LogP contribution in [-0.4, -0.2) is 57.0 Å². The molecule has 25 heavy (non-hydrogen) atoms. The Balaban J connectivity index is 0.00000312. The van der Waals surface area contributed by atoms with Crippen molar-refractivity contribution >= 4 is 42.0 Å². The van der Waals surface area contributed by atoms with Gasteiger partial charge in [-0.1, -0.05) is 19.1 Å². The number of carbonyl (C=O) groups is 3. The zero-order chi connectivity index (χ0) is 18.1. The van der Waals surface area contributed by atoms with Crippen LogP contribution in [0.4, 0.5) is 0 Å². The standard InChI is InChI=1S/C15H22N4O4S.ClH/c1-3-15(2,14(17)23)18-6-4-5-8-7-24-12-9(16)11(20)19(12)10(8)13(21)22;/h4-5,9,12,18H,3,6-7,16H2,1-2H3,(H2,17,23)(H,21,22);1H/b5-4+;/t9-,12+,15?;/m1./s1. The third-order valence-electron chi connectivity index (χ3n) is 4.42. The van der Waals surface area contributed by atoms with Crippen molar-refractivity contribution in [1.29, 1.82) is 0 Å². The summed E-state index contributed by atoms with van der Waals surface area (Å²) in [6.45, 7) is 3.92. The van der Waals surface area contributed by atoms with Gasteiger partial charge in [-0.25, -0.2) is 4.79 Å². The van der Waals surface area contributed by atoms with Crippen LogP contribution in [0.15, 0.2) is 23.4 Å². The fraction of sp³-hybridized carbons (Fsp3) is 0.533. The SMILES string of the molecule is CCC(C)(NC/C=C/C1=C(C(=O)O)N2C(=O)[C@@H](N)[C@@H]2SC1)C(N)=O.Cl. The highest BCUT2D eigenvalue weighted by molar-refractivity contribution is 8.00. The first-order chi connectivity index (χ1) is 11.2. The second kappa shape index (κ2) is 8.22. The van der Waals surface area contributed by atoms with Crippen molar-refractivity contribution in [3.8, 4) is 0 Å². The van der Waals surface area contributed by atoms with Gasteiger partial charge in [-0.3, -0.25) is 14.5 Å². The van der Waals surface area contributed by atoms with Gasteiger partial charge in [-0.05, 0) is 18.9 Å². The highest BCUT2D eigenvalue weighted by Crippen LogP contribution is 2.39. The van der Waals surface area contributed by atoms with Crippen LogP contribution in [0.5, 0.6) is 0 Å². The van der Waals surface area contributed by atoms with Gasteiger partial charge in [0.05, 0.1) is 5.54 Å². The van der Waals surface area contributed by atoms with E-state index in [-0.39, 0.29) is 29.4 Å². The lowest BCUT2D eigenvalue weighted by atomic mass is 9.98. The Morgan fingerprint density at radius 1 is 1.52 bits per heavy atom. The summed E-state index contributed by atoms with van der Waals surface area (Å²) in [5.74, 6) is -1.51. The molecule has 0 saturated carbocycles. The number of carboxylic acids is 1. The molecule has 3 atom stereocenters. The molecule has 2 aliphatic rings. The summed E-state index contributed by atoms with van der Waals surface area (Å²) in [6, 6.07) is -0.641. The number of rotatable bonds is 7. The van der Waals surface area contributed by atoms with E-state index in [0.717, 1.165) is 0 Å². The molecule has 10 heteroatoms. The lowest BCUT2D eigenvalue weighted by Gasteiger charge is -2.47. The van der Waals surface area contributed by atoms with E-state index in [1.165, 1.54) is 16.7 Å². The Kier molecular flexibility index (Phi) is 7.07. The lowest BCUT2D eigenvalue weighted by molar-refractivity contribution is -0.147. The first-order valence-electron chi connectivity index (χ1n) is 7.61. The minimum absolute atomic E-state index is 0. The molecule has 2 heterocycles. The molecule has 6 N–H and O–H groups in total. The van der Waals surface area contributed by atoms with E-state index in [9.17, 15) is 19.5 Å². The third kappa shape index (κ3) is 4.00. The number of β-lactam (4-membered cyclic amide) rings is 1. The second-order valence-electron chi connectivity index (χ2n) is 5.95. The number of nitrogens with one attached hydrogen (secondary N) is 1. The summed E-state index contributed by atoms with van der Waals surface area (Å²) < 4.78 is 0. The van der Waals surface area contributed by atoms with Crippen molar-refractivity contribution in [3.63, 3.8) is 0 Å². The topological polar surface area (TPSA) is 139 Å². The summed E-state index contributed by atoms with van der Waals surface area (Å²) in [7, 11) is 0. The average Bonchev–Trinajstić information content (AvgIpc) is 2.56. The normalized spacial score (nSPS) is 25.1. The molecule has 2 amide bonds. The molecule has 1 unspecified atom stereocenters. The number of nitrogens with two attached hydrogens (primary N) is 2. The number of amides is 2. The van der Waals surface area contributed by atoms with Crippen LogP contribution in [0, 0.1) is 0 Å². The Bertz CT molecular complexity index is 639. The maximum absolute atomic E-state index is 11.8. The van der Waals surface area contributed by atoms with Crippen LogP contribution in [0.2, 0.25) is 0 Å². The number of nitrogens with zero attached hydrogens (tertiary/aromatic N) is 1. The number of aliphatic carboxylic acids is 1. The number of primary amides is 1. The van der Waals surface area contributed by atoms with Crippen LogP contribution < -0.4 is 16.8 Å². The Morgan fingerprint density at radius 3 is 2.68 bits per heavy atom. The summed E-state index contributed by atoms with van der Waals surface area (Å²) >= 11 is 1.44. The van der Waals surface area contributed by atoms with Crippen molar-refractivity contribution in [2.45, 2.75) is 37.2 Å². The second-order valence-corrected chi connectivity index (χ2v) is 7.05. The lowest BCUT2D eigenvalue weighted by Crippen LogP contribution is -2.68. The fourth-order valence-corrected chi connectivity index (χ4v) is 3.80. The quantitative estimate of drug-likeness (QED) is 0.441. The smallest absolute Gasteiger partial charge is 0.352 e. The summed E-state index contributed by atoms with van der Waals surface area (Å²) in [5.41, 5.74) is 10.8. The van der Waals surface area contributed by atoms with Gasteiger partial charge in [-0.2, -0.15) is 0 Å². The molecule has 8 nitrogen and oxygen atoms in total. The summed E-state index contributed by atoms with van der Waals surface area (Å²) in [5, 5.41) is 12.2. The van der Waals surface area contributed by atoms with E-state index in [2.05, 4.69) is 5.32 Å². The van der Waals surface area contributed by atoms with Gasteiger partial charge in [0.15, 0.2) is 0 Å². The maximum Gasteiger partial charge on any atom is 0.352 e. The molecular weight excluding hydrogens is 368 g/mol. The van der Waals surface area contributed by atoms with E-state index in [4.69, 9.17) is 11.5 Å². The molecule has 0 spiro atoms. The molecule has 0 radical (unpaired) electrons. The van der Waals surface area contributed by atoms with Gasteiger partial charge < -0.3 is 21.9 Å². The molecule has 0 aromatic heterocycles. The first kappa shape index (κ1) is 21.5. The minimum atomic E-state index is -1.15. The summed E-state index contributed by atoms with van der Waals surface area (Å²) in [6.07, 6.45) is 3.92. The third-order valence-corrected chi connectivity index (χ3v) is 5.74. The average molecular weight is 391 g/mol. The maximum atomic E-state index is 11.8. The zero-order valence-corrected chi connectivity index (χ0v) is 15.7. The van der Waals surface area contributed by atoms with Gasteiger partial charge in [0, 0.05) is 12.3 Å². The van der Waals surface area contributed by atoms with Crippen molar-refractivity contribution in [2.75, 3.05) is 12.3 Å². The molecule has 2 aliphatic heterocycles. The van der Waals surface area contributed by atoms with Gasteiger partial charge >= 0.3 is 5.97 Å². The van der Waals surface area contributed by atoms with Crippen LogP contribution in [-0.2, 0) is 14.4 Å². The molecular formula is C15H23ClN4O4S. The molecule has 0 aliphatic carbocycles.